The second kappa shape index (κ2) is 26.8. The molecule has 2 heterocycles. The molecule has 0 atom stereocenters. The Bertz CT molecular complexity index is 2990. The van der Waals surface area contributed by atoms with Gasteiger partial charge in [-0.2, -0.15) is 0 Å². The highest BCUT2D eigenvalue weighted by Gasteiger charge is 2.33. The second-order valence-corrected chi connectivity index (χ2v) is 23.1. The minimum absolute atomic E-state index is 0.000251. The normalized spacial score (nSPS) is 11.6. The van der Waals surface area contributed by atoms with Crippen molar-refractivity contribution in [3.05, 3.63) is 113 Å². The van der Waals surface area contributed by atoms with E-state index in [2.05, 4.69) is 15.4 Å². The molecular formula is C47H53N3O18P2S3. The molecule has 5 aromatic rings. The van der Waals surface area contributed by atoms with Gasteiger partial charge in [-0.1, -0.05) is 36.4 Å². The number of amides is 2. The van der Waals surface area contributed by atoms with Crippen LogP contribution in [0.15, 0.2) is 84.9 Å². The Labute approximate surface area is 429 Å². The topological polar surface area (TPSA) is 281 Å². The van der Waals surface area contributed by atoms with Crippen molar-refractivity contribution in [1.29, 1.82) is 0 Å². The van der Waals surface area contributed by atoms with Gasteiger partial charge < -0.3 is 47.7 Å². The van der Waals surface area contributed by atoms with E-state index >= 15 is 0 Å². The number of hydrogen-bond donors (Lipinski definition) is 3. The maximum Gasteiger partial charge on any atom is 0.371 e. The fourth-order valence-corrected chi connectivity index (χ4v) is 12.8. The molecule has 0 aliphatic carbocycles. The number of hydrogen-bond acceptors (Lipinski definition) is 20. The highest BCUT2D eigenvalue weighted by molar-refractivity contribution is 7.92. The molecule has 0 bridgehead atoms. The zero-order valence-corrected chi connectivity index (χ0v) is 44.7. The molecule has 3 aromatic carbocycles. The molecule has 0 aliphatic heterocycles. The van der Waals surface area contributed by atoms with Gasteiger partial charge in [0.2, 0.25) is 10.0 Å². The van der Waals surface area contributed by atoms with Crippen molar-refractivity contribution in [1.82, 2.24) is 0 Å². The van der Waals surface area contributed by atoms with Gasteiger partial charge in [-0.15, -0.1) is 22.7 Å². The fraction of sp³-hybridized carbons (Fsp3) is 0.319. The van der Waals surface area contributed by atoms with E-state index < -0.39 is 74.1 Å². The average Bonchev–Trinajstić information content (AvgIpc) is 3.98. The lowest BCUT2D eigenvalue weighted by Crippen LogP contribution is -2.22. The number of benzene rings is 3. The van der Waals surface area contributed by atoms with Crippen LogP contribution in [0.3, 0.4) is 0 Å². The van der Waals surface area contributed by atoms with E-state index in [4.69, 9.17) is 37.0 Å². The Morgan fingerprint density at radius 1 is 0.562 bits per heavy atom. The molecule has 2 amide bonds. The number of nitrogens with one attached hydrogen (secondary N) is 3. The monoisotopic (exact) mass is 1110 g/mol. The SMILES string of the molecule is CCOC(=O)c1cc(-c2ccc(CCOC(=O)c3cc(P(=O)(OCC)OCC)sc3NC(=O)COC(=O)c3cccc(NS(C)(=O)=O)c3)cc2)sc1NC(=O)COC(=O)c1cccc(P(=O)(OCC)OCC)c1. The number of esters is 4. The van der Waals surface area contributed by atoms with Gasteiger partial charge in [0.15, 0.2) is 13.2 Å². The highest BCUT2D eigenvalue weighted by Crippen LogP contribution is 2.50. The predicted molar refractivity (Wildman–Crippen MR) is 274 cm³/mol. The lowest BCUT2D eigenvalue weighted by Gasteiger charge is -2.17. The number of sulfonamides is 1. The van der Waals surface area contributed by atoms with Crippen molar-refractivity contribution in [2.45, 2.75) is 41.0 Å². The lowest BCUT2D eigenvalue weighted by molar-refractivity contribution is -0.119. The summed E-state index contributed by atoms with van der Waals surface area (Å²) in [5.41, 5.74) is 1.33. The van der Waals surface area contributed by atoms with Crippen LogP contribution in [0.1, 0.15) is 81.6 Å². The van der Waals surface area contributed by atoms with Crippen molar-refractivity contribution in [3.63, 3.8) is 0 Å². The fourth-order valence-electron chi connectivity index (χ4n) is 6.43. The Hall–Kier alpha value is -6.07. The lowest BCUT2D eigenvalue weighted by atomic mass is 10.1. The zero-order valence-electron chi connectivity index (χ0n) is 40.4. The first-order valence-electron chi connectivity index (χ1n) is 22.4. The minimum atomic E-state index is -3.95. The highest BCUT2D eigenvalue weighted by atomic mass is 32.2. The molecule has 2 aromatic heterocycles. The van der Waals surface area contributed by atoms with Crippen molar-refractivity contribution >= 4 is 109 Å². The number of anilines is 3. The van der Waals surface area contributed by atoms with Gasteiger partial charge in [0.1, 0.15) is 14.6 Å². The Kier molecular flexibility index (Phi) is 21.2. The Morgan fingerprint density at radius 3 is 1.64 bits per heavy atom. The standard InChI is InChI=1S/C47H53N3O18P2S3/c1-7-61-46(55)36-26-38(71-42(36)48-39(51)28-64-45(54)33-15-13-17-35(25-33)69(57,65-8-2)66-9-3)31-20-18-30(19-21-31)22-23-62-47(56)37-27-41(70(58,67-10-4)68-11-5)72-43(37)49-40(52)29-63-44(53)32-14-12-16-34(24-32)50-73(6,59)60/h12-21,24-27,50H,7-11,22-23,28-29H2,1-6H3,(H,48,51)(H,49,52). The minimum Gasteiger partial charge on any atom is -0.462 e. The molecule has 0 fully saturated rings. The van der Waals surface area contributed by atoms with Gasteiger partial charge in [0.05, 0.1) is 73.5 Å². The van der Waals surface area contributed by atoms with Crippen molar-refractivity contribution in [3.8, 4) is 10.4 Å². The Morgan fingerprint density at radius 2 is 1.08 bits per heavy atom. The molecular weight excluding hydrogens is 1050 g/mol. The summed E-state index contributed by atoms with van der Waals surface area (Å²) in [6, 6.07) is 20.9. The first-order chi connectivity index (χ1) is 34.7. The summed E-state index contributed by atoms with van der Waals surface area (Å²) in [6.07, 6.45) is 1.16. The maximum atomic E-state index is 13.7. The summed E-state index contributed by atoms with van der Waals surface area (Å²) in [5.74, 6) is -5.03. The van der Waals surface area contributed by atoms with E-state index in [1.54, 1.807) is 65.0 Å². The molecule has 0 saturated heterocycles. The van der Waals surface area contributed by atoms with Gasteiger partial charge in [-0.05, 0) is 94.3 Å². The number of ether oxygens (including phenoxy) is 4. The summed E-state index contributed by atoms with van der Waals surface area (Å²) in [5, 5.41) is 5.31. The van der Waals surface area contributed by atoms with E-state index in [0.717, 1.165) is 34.5 Å². The first-order valence-corrected chi connectivity index (χ1v) is 29.0. The summed E-state index contributed by atoms with van der Waals surface area (Å²) >= 11 is 1.82. The van der Waals surface area contributed by atoms with Crippen molar-refractivity contribution < 1.29 is 83.4 Å². The van der Waals surface area contributed by atoms with Gasteiger partial charge in [0.25, 0.3) is 11.8 Å². The number of rotatable bonds is 27. The summed E-state index contributed by atoms with van der Waals surface area (Å²) < 4.78 is 95.3. The van der Waals surface area contributed by atoms with Crippen LogP contribution in [0.2, 0.25) is 0 Å². The molecule has 5 rings (SSSR count). The van der Waals surface area contributed by atoms with Crippen LogP contribution in [-0.4, -0.2) is 103 Å². The third-order valence-corrected chi connectivity index (χ3v) is 16.9. The molecule has 0 saturated carbocycles. The zero-order chi connectivity index (χ0) is 53.3. The summed E-state index contributed by atoms with van der Waals surface area (Å²) in [4.78, 5) is 79.0. The van der Waals surface area contributed by atoms with Crippen LogP contribution in [0.25, 0.3) is 10.4 Å². The smallest absolute Gasteiger partial charge is 0.371 e. The largest absolute Gasteiger partial charge is 0.462 e. The molecule has 21 nitrogen and oxygen atoms in total. The van der Waals surface area contributed by atoms with Gasteiger partial charge in [0, 0.05) is 17.0 Å². The molecule has 0 radical (unpaired) electrons. The van der Waals surface area contributed by atoms with Crippen molar-refractivity contribution in [2.75, 3.05) is 74.5 Å². The third-order valence-electron chi connectivity index (χ3n) is 9.47. The number of thiophene rings is 2. The molecule has 73 heavy (non-hydrogen) atoms. The van der Waals surface area contributed by atoms with Crippen LogP contribution in [-0.2, 0) is 72.2 Å². The molecule has 392 valence electrons. The molecule has 0 spiro atoms. The van der Waals surface area contributed by atoms with Crippen LogP contribution >= 0.6 is 37.9 Å². The van der Waals surface area contributed by atoms with E-state index in [1.165, 1.54) is 54.6 Å². The number of carbonyl (C=O) groups is 6. The van der Waals surface area contributed by atoms with Gasteiger partial charge in [-0.25, -0.2) is 27.6 Å². The first kappa shape index (κ1) is 57.8. The summed E-state index contributed by atoms with van der Waals surface area (Å²) in [7, 11) is -11.3. The number of carbonyl (C=O) groups excluding carboxylic acids is 6. The predicted octanol–water partition coefficient (Wildman–Crippen LogP) is 7.80. The molecule has 0 unspecified atom stereocenters. The van der Waals surface area contributed by atoms with Crippen molar-refractivity contribution in [2.24, 2.45) is 0 Å². The van der Waals surface area contributed by atoms with Crippen LogP contribution < -0.4 is 25.3 Å². The third kappa shape index (κ3) is 16.5. The van der Waals surface area contributed by atoms with Gasteiger partial charge >= 0.3 is 39.1 Å². The van der Waals surface area contributed by atoms with E-state index in [0.29, 0.717) is 10.4 Å². The summed E-state index contributed by atoms with van der Waals surface area (Å²) in [6.45, 7) is 6.73. The molecule has 3 N–H and O–H groups in total. The van der Waals surface area contributed by atoms with E-state index in [9.17, 15) is 46.3 Å². The Balaban J connectivity index is 1.23. The van der Waals surface area contributed by atoms with Crippen LogP contribution in [0.5, 0.6) is 0 Å². The van der Waals surface area contributed by atoms with E-state index in [-0.39, 0.29) is 93.9 Å². The average molecular weight is 1110 g/mol. The molecule has 0 aliphatic rings. The van der Waals surface area contributed by atoms with Gasteiger partial charge in [-0.3, -0.25) is 23.4 Å². The quantitative estimate of drug-likeness (QED) is 0.0257. The van der Waals surface area contributed by atoms with Crippen LogP contribution in [0, 0.1) is 0 Å². The second-order valence-electron chi connectivity index (χ2n) is 14.9. The maximum absolute atomic E-state index is 13.7. The van der Waals surface area contributed by atoms with Crippen LogP contribution in [0.4, 0.5) is 15.7 Å². The van der Waals surface area contributed by atoms with E-state index in [1.807, 2.05) is 0 Å². The molecule has 26 heteroatoms.